The van der Waals surface area contributed by atoms with Crippen molar-refractivity contribution in [2.45, 2.75) is 20.4 Å². The first-order valence-corrected chi connectivity index (χ1v) is 8.76. The normalized spacial score (nSPS) is 11.4. The highest BCUT2D eigenvalue weighted by Gasteiger charge is 2.16. The van der Waals surface area contributed by atoms with Gasteiger partial charge in [0.25, 0.3) is 0 Å². The highest BCUT2D eigenvalue weighted by molar-refractivity contribution is 6.04. The molecule has 3 aromatic rings. The van der Waals surface area contributed by atoms with Crippen LogP contribution in [0.25, 0.3) is 17.3 Å². The fourth-order valence-corrected chi connectivity index (χ4v) is 2.75. The molecular weight excluding hydrogens is 336 g/mol. The summed E-state index contributed by atoms with van der Waals surface area (Å²) in [5.41, 5.74) is 3.51. The number of pyridine rings is 1. The summed E-state index contributed by atoms with van der Waals surface area (Å²) < 4.78 is 1.82. The van der Waals surface area contributed by atoms with Crippen LogP contribution in [0.15, 0.2) is 66.6 Å². The summed E-state index contributed by atoms with van der Waals surface area (Å²) in [5, 5.41) is 14.1. The van der Waals surface area contributed by atoms with Crippen molar-refractivity contribution in [3.63, 3.8) is 0 Å². The lowest BCUT2D eigenvalue weighted by molar-refractivity contribution is -0.117. The molecule has 1 aromatic carbocycles. The van der Waals surface area contributed by atoms with Gasteiger partial charge in [0, 0.05) is 35.6 Å². The van der Waals surface area contributed by atoms with Crippen molar-refractivity contribution in [2.75, 3.05) is 0 Å². The molecule has 0 radical (unpaired) electrons. The lowest BCUT2D eigenvalue weighted by Gasteiger charge is -2.02. The molecular formula is C22H20N4O. The Labute approximate surface area is 158 Å². The Balaban J connectivity index is 2.05. The number of allylic oxidation sites excluding steroid dienone is 1. The Morgan fingerprint density at radius 3 is 2.63 bits per heavy atom. The van der Waals surface area contributed by atoms with Gasteiger partial charge in [-0.25, -0.2) is 0 Å². The van der Waals surface area contributed by atoms with Gasteiger partial charge in [0.1, 0.15) is 11.8 Å². The van der Waals surface area contributed by atoms with Crippen LogP contribution in [0, 0.1) is 17.2 Å². The van der Waals surface area contributed by atoms with E-state index in [1.54, 1.807) is 32.3 Å². The molecule has 0 fully saturated rings. The Kier molecular flexibility index (Phi) is 5.58. The minimum atomic E-state index is -0.239. The third kappa shape index (κ3) is 4.36. The maximum atomic E-state index is 12.3. The van der Waals surface area contributed by atoms with E-state index in [9.17, 15) is 10.1 Å². The van der Waals surface area contributed by atoms with Crippen LogP contribution in [-0.2, 0) is 11.3 Å². The first-order chi connectivity index (χ1) is 13.1. The average Bonchev–Trinajstić information content (AvgIpc) is 3.09. The summed E-state index contributed by atoms with van der Waals surface area (Å²) in [4.78, 5) is 16.4. The number of hydrogen-bond donors (Lipinski definition) is 0. The van der Waals surface area contributed by atoms with Gasteiger partial charge in [-0.05, 0) is 23.8 Å². The molecule has 0 unspecified atom stereocenters. The topological polar surface area (TPSA) is 71.6 Å². The Hall–Kier alpha value is -3.52. The van der Waals surface area contributed by atoms with Gasteiger partial charge in [-0.1, -0.05) is 44.2 Å². The first kappa shape index (κ1) is 18.3. The van der Waals surface area contributed by atoms with Crippen molar-refractivity contribution in [1.29, 1.82) is 5.26 Å². The number of aromatic nitrogens is 3. The van der Waals surface area contributed by atoms with E-state index in [1.807, 2.05) is 59.4 Å². The molecule has 0 N–H and O–H groups in total. The monoisotopic (exact) mass is 356 g/mol. The van der Waals surface area contributed by atoms with Crippen LogP contribution in [0.4, 0.5) is 0 Å². The highest BCUT2D eigenvalue weighted by Crippen LogP contribution is 2.24. The number of nitrogens with zero attached hydrogens (tertiary/aromatic N) is 4. The van der Waals surface area contributed by atoms with Crippen LogP contribution < -0.4 is 0 Å². The summed E-state index contributed by atoms with van der Waals surface area (Å²) in [7, 11) is 0. The first-order valence-electron chi connectivity index (χ1n) is 8.76. The van der Waals surface area contributed by atoms with E-state index in [-0.39, 0.29) is 17.3 Å². The number of ketones is 1. The van der Waals surface area contributed by atoms with Crippen molar-refractivity contribution >= 4 is 11.9 Å². The van der Waals surface area contributed by atoms with E-state index < -0.39 is 0 Å². The maximum Gasteiger partial charge on any atom is 0.175 e. The molecule has 0 amide bonds. The van der Waals surface area contributed by atoms with Gasteiger partial charge in [-0.15, -0.1) is 0 Å². The van der Waals surface area contributed by atoms with E-state index in [1.165, 1.54) is 0 Å². The van der Waals surface area contributed by atoms with Crippen LogP contribution in [0.3, 0.4) is 0 Å². The van der Waals surface area contributed by atoms with E-state index in [0.29, 0.717) is 12.2 Å². The molecule has 0 atom stereocenters. The van der Waals surface area contributed by atoms with Crippen LogP contribution in [0.1, 0.15) is 25.0 Å². The highest BCUT2D eigenvalue weighted by atomic mass is 16.1. The molecule has 134 valence electrons. The van der Waals surface area contributed by atoms with Crippen molar-refractivity contribution < 1.29 is 4.79 Å². The minimum absolute atomic E-state index is 0.134. The Morgan fingerprint density at radius 1 is 1.22 bits per heavy atom. The zero-order valence-corrected chi connectivity index (χ0v) is 15.3. The predicted molar refractivity (Wildman–Crippen MR) is 104 cm³/mol. The second-order valence-corrected chi connectivity index (χ2v) is 6.55. The second kappa shape index (κ2) is 8.24. The molecule has 0 saturated carbocycles. The van der Waals surface area contributed by atoms with Gasteiger partial charge in [0.15, 0.2) is 5.78 Å². The van der Waals surface area contributed by atoms with Crippen LogP contribution >= 0.6 is 0 Å². The van der Waals surface area contributed by atoms with Gasteiger partial charge < -0.3 is 0 Å². The largest absolute Gasteiger partial charge is 0.293 e. The van der Waals surface area contributed by atoms with Crippen molar-refractivity contribution in [3.05, 3.63) is 77.8 Å². The van der Waals surface area contributed by atoms with Gasteiger partial charge in [0.05, 0.1) is 12.1 Å². The third-order valence-electron chi connectivity index (χ3n) is 4.12. The van der Waals surface area contributed by atoms with Crippen molar-refractivity contribution in [3.8, 4) is 17.3 Å². The summed E-state index contributed by atoms with van der Waals surface area (Å²) in [5.74, 6) is -0.414. The zero-order valence-electron chi connectivity index (χ0n) is 15.3. The number of rotatable bonds is 6. The standard InChI is InChI=1S/C22H20N4O/c1-16(2)22(27)19(12-23)11-20-15-26(14-17-7-4-3-5-8-17)25-21(20)18-9-6-10-24-13-18/h3-11,13,15-16H,14H2,1-2H3. The second-order valence-electron chi connectivity index (χ2n) is 6.55. The molecule has 0 aliphatic rings. The van der Waals surface area contributed by atoms with Crippen molar-refractivity contribution in [1.82, 2.24) is 14.8 Å². The third-order valence-corrected chi connectivity index (χ3v) is 4.12. The lowest BCUT2D eigenvalue weighted by Crippen LogP contribution is -2.08. The molecule has 0 saturated heterocycles. The Morgan fingerprint density at radius 2 is 2.00 bits per heavy atom. The van der Waals surface area contributed by atoms with Gasteiger partial charge in [-0.3, -0.25) is 14.5 Å². The number of benzene rings is 1. The van der Waals surface area contributed by atoms with Crippen molar-refractivity contribution in [2.24, 2.45) is 5.92 Å². The molecule has 0 aliphatic carbocycles. The fourth-order valence-electron chi connectivity index (χ4n) is 2.75. The molecule has 0 spiro atoms. The summed E-state index contributed by atoms with van der Waals surface area (Å²) in [6.45, 7) is 4.17. The van der Waals surface area contributed by atoms with E-state index in [2.05, 4.69) is 10.1 Å². The fraction of sp³-hybridized carbons (Fsp3) is 0.182. The molecule has 3 rings (SSSR count). The van der Waals surface area contributed by atoms with Gasteiger partial charge in [-0.2, -0.15) is 10.4 Å². The summed E-state index contributed by atoms with van der Waals surface area (Å²) >= 11 is 0. The molecule has 2 heterocycles. The van der Waals surface area contributed by atoms with Crippen LogP contribution in [-0.4, -0.2) is 20.5 Å². The van der Waals surface area contributed by atoms with Crippen LogP contribution in [0.5, 0.6) is 0 Å². The molecule has 0 aliphatic heterocycles. The molecule has 5 nitrogen and oxygen atoms in total. The van der Waals surface area contributed by atoms with E-state index in [0.717, 1.165) is 16.7 Å². The average molecular weight is 356 g/mol. The number of Topliss-reactive ketones (excluding diaryl/α,β-unsaturated/α-hetero) is 1. The number of carbonyl (C=O) groups excluding carboxylic acids is 1. The number of carbonyl (C=O) groups is 1. The maximum absolute atomic E-state index is 12.3. The zero-order chi connectivity index (χ0) is 19.2. The smallest absolute Gasteiger partial charge is 0.175 e. The predicted octanol–water partition coefficient (Wildman–Crippen LogP) is 4.13. The molecule has 27 heavy (non-hydrogen) atoms. The lowest BCUT2D eigenvalue weighted by atomic mass is 9.99. The Bertz CT molecular complexity index is 996. The van der Waals surface area contributed by atoms with Gasteiger partial charge >= 0.3 is 0 Å². The molecule has 5 heteroatoms. The minimum Gasteiger partial charge on any atom is -0.293 e. The quantitative estimate of drug-likeness (QED) is 0.492. The SMILES string of the molecule is CC(C)C(=O)C(C#N)=Cc1cn(Cc2ccccc2)nc1-c1cccnc1. The van der Waals surface area contributed by atoms with Gasteiger partial charge in [0.2, 0.25) is 0 Å². The van der Waals surface area contributed by atoms with E-state index >= 15 is 0 Å². The van der Waals surface area contributed by atoms with Crippen LogP contribution in [0.2, 0.25) is 0 Å². The van der Waals surface area contributed by atoms with E-state index in [4.69, 9.17) is 0 Å². The summed E-state index contributed by atoms with van der Waals surface area (Å²) in [6.07, 6.45) is 6.91. The number of nitriles is 1. The molecule has 2 aromatic heterocycles. The number of hydrogen-bond acceptors (Lipinski definition) is 4. The summed E-state index contributed by atoms with van der Waals surface area (Å²) in [6, 6.07) is 15.8. The molecule has 0 bridgehead atoms.